The van der Waals surface area contributed by atoms with Gasteiger partial charge in [-0.25, -0.2) is 13.9 Å². The molecule has 204 valence electrons. The van der Waals surface area contributed by atoms with Gasteiger partial charge in [-0.2, -0.15) is 4.98 Å². The first-order chi connectivity index (χ1) is 18.5. The van der Waals surface area contributed by atoms with E-state index in [2.05, 4.69) is 35.5 Å². The molecule has 1 aliphatic heterocycles. The molecule has 0 radical (unpaired) electrons. The third-order valence-electron chi connectivity index (χ3n) is 6.24. The molecule has 0 spiro atoms. The van der Waals surface area contributed by atoms with E-state index < -0.39 is 11.3 Å². The second-order valence-electron chi connectivity index (χ2n) is 8.69. The number of aliphatic hydroxyl groups is 1. The fraction of sp³-hybridized carbons (Fsp3) is 0.360. The van der Waals surface area contributed by atoms with Crippen LogP contribution in [0.3, 0.4) is 0 Å². The number of halogens is 1. The van der Waals surface area contributed by atoms with Gasteiger partial charge < -0.3 is 30.7 Å². The zero-order chi connectivity index (χ0) is 26.9. The lowest BCUT2D eigenvalue weighted by Gasteiger charge is -2.34. The number of anilines is 5. The zero-order valence-corrected chi connectivity index (χ0v) is 22.6. The van der Waals surface area contributed by atoms with Crippen molar-refractivity contribution in [1.29, 1.82) is 0 Å². The molecule has 0 amide bonds. The van der Waals surface area contributed by atoms with Crippen LogP contribution >= 0.6 is 11.6 Å². The van der Waals surface area contributed by atoms with E-state index in [1.165, 1.54) is 6.20 Å². The molecule has 1 atom stereocenters. The molecule has 2 heterocycles. The number of piperidine rings is 1. The van der Waals surface area contributed by atoms with Gasteiger partial charge in [-0.15, -0.1) is 0 Å². The minimum atomic E-state index is -2.13. The van der Waals surface area contributed by atoms with Crippen molar-refractivity contribution in [3.8, 4) is 5.75 Å². The Labute approximate surface area is 229 Å². The largest absolute Gasteiger partial charge is 0.494 e. The van der Waals surface area contributed by atoms with Crippen LogP contribution in [0.2, 0.25) is 5.02 Å². The quantitative estimate of drug-likeness (QED) is 0.182. The maximum absolute atomic E-state index is 11.0. The highest BCUT2D eigenvalue weighted by molar-refractivity contribution is 7.77. The summed E-state index contributed by atoms with van der Waals surface area (Å²) < 4.78 is 28.2. The first kappa shape index (κ1) is 28.0. The highest BCUT2D eigenvalue weighted by Gasteiger charge is 2.20. The smallest absolute Gasteiger partial charge is 0.232 e. The molecule has 2 aromatic carbocycles. The normalized spacial score (nSPS) is 14.8. The third-order valence-corrected chi connectivity index (χ3v) is 6.91. The molecule has 11 nitrogen and oxygen atoms in total. The van der Waals surface area contributed by atoms with Gasteiger partial charge in [-0.3, -0.25) is 4.55 Å². The van der Waals surface area contributed by atoms with Crippen LogP contribution in [-0.2, 0) is 17.8 Å². The molecule has 1 aliphatic rings. The number of methoxy groups -OCH3 is 1. The van der Waals surface area contributed by atoms with E-state index in [9.17, 15) is 4.21 Å². The van der Waals surface area contributed by atoms with Gasteiger partial charge in [0, 0.05) is 49.7 Å². The zero-order valence-electron chi connectivity index (χ0n) is 21.0. The van der Waals surface area contributed by atoms with E-state index in [1.54, 1.807) is 7.11 Å². The first-order valence-corrected chi connectivity index (χ1v) is 13.7. The number of hydrogen-bond acceptors (Lipinski definition) is 9. The Bertz CT molecular complexity index is 1240. The van der Waals surface area contributed by atoms with Crippen LogP contribution < -0.4 is 30.3 Å². The number of nitrogens with zero attached hydrogens (tertiary/aromatic N) is 3. The molecule has 4 rings (SSSR count). The van der Waals surface area contributed by atoms with E-state index in [0.29, 0.717) is 46.5 Å². The maximum Gasteiger partial charge on any atom is 0.232 e. The fourth-order valence-corrected chi connectivity index (χ4v) is 4.71. The van der Waals surface area contributed by atoms with Gasteiger partial charge >= 0.3 is 0 Å². The number of para-hydroxylation sites is 1. The third kappa shape index (κ3) is 7.53. The lowest BCUT2D eigenvalue weighted by Crippen LogP contribution is -2.43. The van der Waals surface area contributed by atoms with Crippen molar-refractivity contribution < 1.29 is 18.6 Å². The predicted molar refractivity (Wildman–Crippen MR) is 151 cm³/mol. The van der Waals surface area contributed by atoms with E-state index in [0.717, 1.165) is 37.2 Å². The molecule has 1 aromatic heterocycles. The second kappa shape index (κ2) is 13.7. The highest BCUT2D eigenvalue weighted by Crippen LogP contribution is 2.33. The molecule has 38 heavy (non-hydrogen) atoms. The number of rotatable bonds is 12. The van der Waals surface area contributed by atoms with Crippen molar-refractivity contribution >= 4 is 51.7 Å². The topological polar surface area (TPSA) is 144 Å². The predicted octanol–water partition coefficient (Wildman–Crippen LogP) is 3.40. The summed E-state index contributed by atoms with van der Waals surface area (Å²) in [7, 11) is 1.62. The SMILES string of the molecule is COc1cc(N2CCC(NCCO)CC2)ccc1Nc1ncc(Cl)c(Nc2ccccc2CNS(=O)O)n1. The van der Waals surface area contributed by atoms with Crippen molar-refractivity contribution in [2.75, 3.05) is 48.9 Å². The Hall–Kier alpha value is -3.00. The Morgan fingerprint density at radius 1 is 1.16 bits per heavy atom. The van der Waals surface area contributed by atoms with Gasteiger partial charge in [0.2, 0.25) is 17.2 Å². The monoisotopic (exact) mass is 561 g/mol. The fourth-order valence-electron chi connectivity index (χ4n) is 4.29. The summed E-state index contributed by atoms with van der Waals surface area (Å²) >= 11 is 4.24. The van der Waals surface area contributed by atoms with Gasteiger partial charge in [-0.05, 0) is 36.6 Å². The van der Waals surface area contributed by atoms with Crippen molar-refractivity contribution in [2.24, 2.45) is 0 Å². The lowest BCUT2D eigenvalue weighted by molar-refractivity contribution is 0.277. The van der Waals surface area contributed by atoms with Gasteiger partial charge in [0.05, 0.1) is 25.6 Å². The Kier molecular flexibility index (Phi) is 10.1. The molecule has 1 fully saturated rings. The van der Waals surface area contributed by atoms with Crippen LogP contribution in [0.5, 0.6) is 5.75 Å². The number of benzene rings is 2. The minimum absolute atomic E-state index is 0.152. The van der Waals surface area contributed by atoms with Crippen LogP contribution in [0.15, 0.2) is 48.7 Å². The van der Waals surface area contributed by atoms with Crippen LogP contribution in [0.1, 0.15) is 18.4 Å². The summed E-state index contributed by atoms with van der Waals surface area (Å²) in [6, 6.07) is 13.7. The van der Waals surface area contributed by atoms with Gasteiger partial charge in [0.25, 0.3) is 0 Å². The molecule has 13 heteroatoms. The minimum Gasteiger partial charge on any atom is -0.494 e. The number of nitrogens with one attached hydrogen (secondary N) is 4. The summed E-state index contributed by atoms with van der Waals surface area (Å²) in [5.41, 5.74) is 3.24. The molecular formula is C25H32ClN7O4S. The highest BCUT2D eigenvalue weighted by atomic mass is 35.5. The summed E-state index contributed by atoms with van der Waals surface area (Å²) in [6.07, 6.45) is 3.51. The molecule has 0 saturated carbocycles. The number of aliphatic hydroxyl groups excluding tert-OH is 1. The number of ether oxygens (including phenoxy) is 1. The average molecular weight is 562 g/mol. The molecule has 6 N–H and O–H groups in total. The van der Waals surface area contributed by atoms with Crippen molar-refractivity contribution in [3.63, 3.8) is 0 Å². The molecule has 0 aliphatic carbocycles. The molecule has 0 bridgehead atoms. The van der Waals surface area contributed by atoms with E-state index >= 15 is 0 Å². The van der Waals surface area contributed by atoms with Crippen molar-refractivity contribution in [1.82, 2.24) is 20.0 Å². The van der Waals surface area contributed by atoms with Crippen LogP contribution in [0.25, 0.3) is 0 Å². The molecule has 1 unspecified atom stereocenters. The van der Waals surface area contributed by atoms with E-state index in [-0.39, 0.29) is 13.2 Å². The van der Waals surface area contributed by atoms with E-state index in [4.69, 9.17) is 26.0 Å². The summed E-state index contributed by atoms with van der Waals surface area (Å²) in [4.78, 5) is 11.2. The summed E-state index contributed by atoms with van der Waals surface area (Å²) in [5, 5.41) is 19.1. The lowest BCUT2D eigenvalue weighted by atomic mass is 10.0. The van der Waals surface area contributed by atoms with E-state index in [1.807, 2.05) is 42.5 Å². The van der Waals surface area contributed by atoms with Crippen LogP contribution in [0.4, 0.5) is 28.8 Å². The van der Waals surface area contributed by atoms with Crippen LogP contribution in [0, 0.1) is 0 Å². The van der Waals surface area contributed by atoms with Crippen molar-refractivity contribution in [2.45, 2.75) is 25.4 Å². The average Bonchev–Trinajstić information content (AvgIpc) is 2.93. The summed E-state index contributed by atoms with van der Waals surface area (Å²) in [6.45, 7) is 2.79. The maximum atomic E-state index is 11.0. The van der Waals surface area contributed by atoms with Gasteiger partial charge in [0.1, 0.15) is 10.8 Å². The van der Waals surface area contributed by atoms with Gasteiger partial charge in [0.15, 0.2) is 5.82 Å². The van der Waals surface area contributed by atoms with Crippen LogP contribution in [-0.4, -0.2) is 63.2 Å². The molecular weight excluding hydrogens is 530 g/mol. The summed E-state index contributed by atoms with van der Waals surface area (Å²) in [5.74, 6) is 1.37. The Balaban J connectivity index is 1.46. The Morgan fingerprint density at radius 2 is 1.95 bits per heavy atom. The molecule has 3 aromatic rings. The van der Waals surface area contributed by atoms with Crippen molar-refractivity contribution in [3.05, 3.63) is 59.2 Å². The van der Waals surface area contributed by atoms with Gasteiger partial charge in [-0.1, -0.05) is 29.8 Å². The molecule has 1 saturated heterocycles. The second-order valence-corrected chi connectivity index (χ2v) is 9.89. The first-order valence-electron chi connectivity index (χ1n) is 12.2. The number of hydrogen-bond donors (Lipinski definition) is 6. The Morgan fingerprint density at radius 3 is 2.68 bits per heavy atom. The number of aromatic nitrogens is 2. The standard InChI is InChI=1S/C25H32ClN7O4S/c1-37-23-14-19(33-11-8-18(9-12-33)27-10-13-34)6-7-22(23)31-25-28-16-20(26)24(32-25)30-21-5-3-2-4-17(21)15-29-38(35)36/h2-7,14,16,18,27,29,34H,8-13,15H2,1H3,(H,35,36)(H2,28,30,31,32).